The van der Waals surface area contributed by atoms with Gasteiger partial charge < -0.3 is 0 Å². The Bertz CT molecular complexity index is 967. The van der Waals surface area contributed by atoms with E-state index in [2.05, 4.69) is 66.7 Å². The van der Waals surface area contributed by atoms with Gasteiger partial charge in [-0.25, -0.2) is 0 Å². The van der Waals surface area contributed by atoms with Gasteiger partial charge in [0.05, 0.1) is 0 Å². The van der Waals surface area contributed by atoms with Crippen LogP contribution in [0.2, 0.25) is 0 Å². The average Bonchev–Trinajstić information content (AvgIpc) is 2.99. The van der Waals surface area contributed by atoms with E-state index in [9.17, 15) is 0 Å². The zero-order chi connectivity index (χ0) is 12.4. The summed E-state index contributed by atoms with van der Waals surface area (Å²) in [5, 5.41) is 11.2. The molecule has 0 saturated carbocycles. The van der Waals surface area contributed by atoms with Gasteiger partial charge in [-0.1, -0.05) is 74.8 Å². The van der Waals surface area contributed by atoms with Crippen LogP contribution >= 0.6 is 0 Å². The molecule has 5 aromatic rings. The Hall–Kier alpha value is -2.47. The molecule has 0 aliphatic carbocycles. The van der Waals surface area contributed by atoms with E-state index in [1.165, 1.54) is 43.1 Å². The maximum absolute atomic E-state index is 2.25. The molecule has 0 radical (unpaired) electrons. The number of benzene rings is 3. The van der Waals surface area contributed by atoms with Gasteiger partial charge in [-0.05, 0) is 10.8 Å². The molecule has 0 heterocycles. The lowest BCUT2D eigenvalue weighted by Gasteiger charge is -2.01. The van der Waals surface area contributed by atoms with Crippen molar-refractivity contribution in [1.29, 1.82) is 0 Å². The summed E-state index contributed by atoms with van der Waals surface area (Å²) in [6.45, 7) is 0. The summed E-state index contributed by atoms with van der Waals surface area (Å²) in [6.07, 6.45) is 0. The Balaban J connectivity index is 2.32. The van der Waals surface area contributed by atoms with Crippen molar-refractivity contribution < 1.29 is 0 Å². The topological polar surface area (TPSA) is 0 Å². The minimum Gasteiger partial charge on any atom is -0.114 e. The third-order valence-electron chi connectivity index (χ3n) is 4.29. The summed E-state index contributed by atoms with van der Waals surface area (Å²) in [7, 11) is 0. The molecule has 0 aliphatic heterocycles. The first-order chi connectivity index (χ1) is 9.45. The molecule has 0 spiro atoms. The van der Waals surface area contributed by atoms with Crippen LogP contribution in [0.5, 0.6) is 0 Å². The highest BCUT2D eigenvalue weighted by atomic mass is 14.2. The van der Waals surface area contributed by atoms with Crippen LogP contribution in [-0.2, 0) is 0 Å². The quantitative estimate of drug-likeness (QED) is 0.315. The van der Waals surface area contributed by atoms with Gasteiger partial charge >= 0.3 is 0 Å². The van der Waals surface area contributed by atoms with E-state index >= 15 is 0 Å². The van der Waals surface area contributed by atoms with Crippen molar-refractivity contribution in [3.8, 4) is 0 Å². The van der Waals surface area contributed by atoms with Crippen molar-refractivity contribution in [2.75, 3.05) is 0 Å². The number of fused-ring (bicyclic) bond motifs is 6. The normalized spacial score (nSPS) is 12.2. The molecule has 0 heteroatoms. The number of hydrogen-bond donors (Lipinski definition) is 0. The van der Waals surface area contributed by atoms with E-state index in [0.717, 1.165) is 0 Å². The summed E-state index contributed by atoms with van der Waals surface area (Å²) in [5.74, 6) is 0. The summed E-state index contributed by atoms with van der Waals surface area (Å²) in [4.78, 5) is 0. The average molecular weight is 239 g/mol. The number of hydrogen-bond acceptors (Lipinski definition) is 0. The molecule has 0 unspecified atom stereocenters. The molecule has 0 aliphatic rings. The Morgan fingerprint density at radius 2 is 1.26 bits per heavy atom. The molecule has 0 nitrogen and oxygen atoms in total. The third-order valence-corrected chi connectivity index (χ3v) is 4.29. The molecule has 0 amide bonds. The Morgan fingerprint density at radius 3 is 2.16 bits per heavy atom. The molecule has 5 rings (SSSR count). The van der Waals surface area contributed by atoms with Crippen molar-refractivity contribution in [1.82, 2.24) is 0 Å². The lowest BCUT2D eigenvalue weighted by molar-refractivity contribution is 1.83. The van der Waals surface area contributed by atoms with Gasteiger partial charge in [0.15, 0.2) is 0 Å². The lowest BCUT2D eigenvalue weighted by Crippen LogP contribution is -1.69. The maximum Gasteiger partial charge on any atom is -0.0452 e. The van der Waals surface area contributed by atoms with Crippen LogP contribution in [0.25, 0.3) is 43.1 Å². The summed E-state index contributed by atoms with van der Waals surface area (Å²) in [6, 6.07) is 24.2. The fourth-order valence-electron chi connectivity index (χ4n) is 3.56. The molecule has 0 bridgehead atoms. The van der Waals surface area contributed by atoms with Crippen molar-refractivity contribution in [2.24, 2.45) is 0 Å². The second kappa shape index (κ2) is 3.10. The lowest BCUT2D eigenvalue weighted by atomic mass is 10.1. The molecule has 0 atom stereocenters. The predicted molar refractivity (Wildman–Crippen MR) is 83.2 cm³/mol. The fraction of sp³-hybridized carbons (Fsp3) is 0. The van der Waals surface area contributed by atoms with Crippen LogP contribution in [0.15, 0.2) is 66.7 Å². The van der Waals surface area contributed by atoms with Crippen molar-refractivity contribution in [3.63, 3.8) is 0 Å². The van der Waals surface area contributed by atoms with Gasteiger partial charge in [-0.3, -0.25) is 0 Å². The largest absolute Gasteiger partial charge is 0.114 e. The summed E-state index contributed by atoms with van der Waals surface area (Å²) >= 11 is 0. The smallest absolute Gasteiger partial charge is 0.0452 e. The van der Waals surface area contributed by atoms with Gasteiger partial charge in [0.2, 0.25) is 0 Å². The standard InChI is InChI=1S/C19H11/c1-3-8-14-12(6-1)16-10-5-11-17-13-7-2-4-9-15(13)18(14)19(16)17/h1-11H/q-1. The SMILES string of the molecule is c1ccc2c(c1)c1ccc[c-]3c4ccccc4c2c13. The monoisotopic (exact) mass is 239 g/mol. The van der Waals surface area contributed by atoms with Gasteiger partial charge in [0, 0.05) is 0 Å². The first kappa shape index (κ1) is 9.46. The van der Waals surface area contributed by atoms with Gasteiger partial charge in [0.1, 0.15) is 0 Å². The predicted octanol–water partition coefficient (Wildman–Crippen LogP) is 5.46. The molecule has 19 heavy (non-hydrogen) atoms. The Kier molecular flexibility index (Phi) is 1.54. The molecule has 0 aromatic heterocycles. The minimum absolute atomic E-state index is 1.38. The summed E-state index contributed by atoms with van der Waals surface area (Å²) < 4.78 is 0. The summed E-state index contributed by atoms with van der Waals surface area (Å²) in [5.41, 5.74) is 0. The second-order valence-electron chi connectivity index (χ2n) is 5.19. The van der Waals surface area contributed by atoms with E-state index in [4.69, 9.17) is 0 Å². The van der Waals surface area contributed by atoms with E-state index in [1.54, 1.807) is 0 Å². The number of rotatable bonds is 0. The van der Waals surface area contributed by atoms with E-state index < -0.39 is 0 Å². The van der Waals surface area contributed by atoms with Crippen LogP contribution in [-0.4, -0.2) is 0 Å². The first-order valence-corrected chi connectivity index (χ1v) is 6.65. The second-order valence-corrected chi connectivity index (χ2v) is 5.19. The molecular formula is C19H11-. The first-order valence-electron chi connectivity index (χ1n) is 6.65. The van der Waals surface area contributed by atoms with Crippen LogP contribution in [0.3, 0.4) is 0 Å². The highest BCUT2D eigenvalue weighted by molar-refractivity contribution is 6.41. The molecular weight excluding hydrogens is 228 g/mol. The van der Waals surface area contributed by atoms with E-state index in [1.807, 2.05) is 0 Å². The van der Waals surface area contributed by atoms with Gasteiger partial charge in [-0.15, -0.1) is 24.3 Å². The zero-order valence-corrected chi connectivity index (χ0v) is 10.4. The molecule has 0 fully saturated rings. The van der Waals surface area contributed by atoms with Crippen molar-refractivity contribution in [3.05, 3.63) is 66.7 Å². The van der Waals surface area contributed by atoms with Crippen molar-refractivity contribution >= 4 is 43.1 Å². The third kappa shape index (κ3) is 0.992. The van der Waals surface area contributed by atoms with Gasteiger partial charge in [0.25, 0.3) is 0 Å². The van der Waals surface area contributed by atoms with Crippen molar-refractivity contribution in [2.45, 2.75) is 0 Å². The maximum atomic E-state index is 2.25. The molecule has 5 aromatic carbocycles. The van der Waals surface area contributed by atoms with Gasteiger partial charge in [-0.2, -0.15) is 0 Å². The van der Waals surface area contributed by atoms with Crippen LogP contribution in [0, 0.1) is 0 Å². The Morgan fingerprint density at radius 1 is 0.579 bits per heavy atom. The highest BCUT2D eigenvalue weighted by Gasteiger charge is 2.09. The van der Waals surface area contributed by atoms with Crippen LogP contribution in [0.4, 0.5) is 0 Å². The highest BCUT2D eigenvalue weighted by Crippen LogP contribution is 2.45. The zero-order valence-electron chi connectivity index (χ0n) is 10.4. The van der Waals surface area contributed by atoms with Crippen LogP contribution < -0.4 is 0 Å². The molecule has 0 saturated heterocycles. The fourth-order valence-corrected chi connectivity index (χ4v) is 3.56. The van der Waals surface area contributed by atoms with Crippen LogP contribution in [0.1, 0.15) is 0 Å². The van der Waals surface area contributed by atoms with E-state index in [0.29, 0.717) is 0 Å². The minimum atomic E-state index is 1.38. The van der Waals surface area contributed by atoms with E-state index in [-0.39, 0.29) is 0 Å². The molecule has 0 N–H and O–H groups in total. The Labute approximate surface area is 110 Å². The molecule has 88 valence electrons.